The molecule has 0 unspecified atom stereocenters. The van der Waals surface area contributed by atoms with Crippen LogP contribution in [0.3, 0.4) is 0 Å². The van der Waals surface area contributed by atoms with E-state index in [-0.39, 0.29) is 11.6 Å². The summed E-state index contributed by atoms with van der Waals surface area (Å²) in [7, 11) is 0. The van der Waals surface area contributed by atoms with Crippen LogP contribution in [0.5, 0.6) is 5.75 Å². The molecule has 1 heterocycles. The van der Waals surface area contributed by atoms with Crippen LogP contribution >= 0.6 is 0 Å². The maximum absolute atomic E-state index is 13.3. The highest BCUT2D eigenvalue weighted by atomic mass is 19.1. The van der Waals surface area contributed by atoms with Gasteiger partial charge in [0.2, 0.25) is 0 Å². The van der Waals surface area contributed by atoms with Gasteiger partial charge < -0.3 is 9.67 Å². The summed E-state index contributed by atoms with van der Waals surface area (Å²) in [6.45, 7) is 4.56. The van der Waals surface area contributed by atoms with Crippen molar-refractivity contribution < 1.29 is 9.50 Å². The monoisotopic (exact) mass is 269 g/mol. The zero-order valence-electron chi connectivity index (χ0n) is 11.5. The van der Waals surface area contributed by atoms with Gasteiger partial charge in [0.25, 0.3) is 0 Å². The van der Waals surface area contributed by atoms with Crippen LogP contribution in [0.4, 0.5) is 4.39 Å². The van der Waals surface area contributed by atoms with E-state index in [1.165, 1.54) is 17.7 Å². The van der Waals surface area contributed by atoms with Crippen molar-refractivity contribution >= 4 is 10.9 Å². The van der Waals surface area contributed by atoms with Gasteiger partial charge in [-0.15, -0.1) is 0 Å². The molecule has 0 radical (unpaired) electrons. The van der Waals surface area contributed by atoms with Crippen LogP contribution in [-0.4, -0.2) is 9.67 Å². The first-order chi connectivity index (χ1) is 9.56. The van der Waals surface area contributed by atoms with Crippen LogP contribution in [0.2, 0.25) is 0 Å². The van der Waals surface area contributed by atoms with E-state index in [1.807, 2.05) is 11.5 Å². The Hall–Kier alpha value is -2.29. The number of aryl methyl sites for hydroxylation is 1. The standard InChI is InChI=1S/C17H16FNO/c1-11-3-5-13(6-4-11)10-19-12(2)17(20)15-9-14(18)7-8-16(15)19/h3-9,20H,10H2,1-2H3. The third kappa shape index (κ3) is 2.05. The Morgan fingerprint density at radius 1 is 1.05 bits per heavy atom. The highest BCUT2D eigenvalue weighted by molar-refractivity contribution is 5.88. The lowest BCUT2D eigenvalue weighted by Gasteiger charge is -2.08. The summed E-state index contributed by atoms with van der Waals surface area (Å²) in [6, 6.07) is 12.8. The van der Waals surface area contributed by atoms with Gasteiger partial charge in [0.1, 0.15) is 11.6 Å². The summed E-state index contributed by atoms with van der Waals surface area (Å²) in [6.07, 6.45) is 0. The average molecular weight is 269 g/mol. The van der Waals surface area contributed by atoms with Crippen LogP contribution in [0.15, 0.2) is 42.5 Å². The molecule has 20 heavy (non-hydrogen) atoms. The summed E-state index contributed by atoms with van der Waals surface area (Å²) in [5.74, 6) is -0.174. The molecule has 3 rings (SSSR count). The van der Waals surface area contributed by atoms with Crippen LogP contribution in [-0.2, 0) is 6.54 Å². The predicted molar refractivity (Wildman–Crippen MR) is 78.6 cm³/mol. The van der Waals surface area contributed by atoms with Crippen LogP contribution in [0.1, 0.15) is 16.8 Å². The Bertz CT molecular complexity index is 772. The van der Waals surface area contributed by atoms with Crippen molar-refractivity contribution in [3.05, 3.63) is 65.1 Å². The Morgan fingerprint density at radius 2 is 1.75 bits per heavy atom. The number of benzene rings is 2. The second kappa shape index (κ2) is 4.67. The topological polar surface area (TPSA) is 25.2 Å². The van der Waals surface area contributed by atoms with Gasteiger partial charge in [-0.25, -0.2) is 4.39 Å². The van der Waals surface area contributed by atoms with Gasteiger partial charge in [-0.1, -0.05) is 29.8 Å². The molecule has 2 nitrogen and oxygen atoms in total. The van der Waals surface area contributed by atoms with E-state index in [4.69, 9.17) is 0 Å². The molecule has 0 saturated heterocycles. The summed E-state index contributed by atoms with van der Waals surface area (Å²) >= 11 is 0. The first kappa shape index (κ1) is 12.7. The van der Waals surface area contributed by atoms with Crippen molar-refractivity contribution in [3.8, 4) is 5.75 Å². The highest BCUT2D eigenvalue weighted by Gasteiger charge is 2.14. The largest absolute Gasteiger partial charge is 0.505 e. The highest BCUT2D eigenvalue weighted by Crippen LogP contribution is 2.32. The lowest BCUT2D eigenvalue weighted by molar-refractivity contribution is 0.473. The van der Waals surface area contributed by atoms with E-state index in [1.54, 1.807) is 6.07 Å². The van der Waals surface area contributed by atoms with Crippen molar-refractivity contribution in [2.24, 2.45) is 0 Å². The number of fused-ring (bicyclic) bond motifs is 1. The molecule has 1 N–H and O–H groups in total. The maximum Gasteiger partial charge on any atom is 0.144 e. The smallest absolute Gasteiger partial charge is 0.144 e. The van der Waals surface area contributed by atoms with Crippen LogP contribution in [0, 0.1) is 19.7 Å². The van der Waals surface area contributed by atoms with E-state index < -0.39 is 0 Å². The van der Waals surface area contributed by atoms with E-state index in [0.717, 1.165) is 16.8 Å². The third-order valence-electron chi connectivity index (χ3n) is 3.71. The number of aromatic nitrogens is 1. The van der Waals surface area contributed by atoms with Crippen molar-refractivity contribution in [1.82, 2.24) is 4.57 Å². The van der Waals surface area contributed by atoms with Gasteiger partial charge in [-0.3, -0.25) is 0 Å². The van der Waals surface area contributed by atoms with E-state index in [0.29, 0.717) is 11.9 Å². The zero-order valence-corrected chi connectivity index (χ0v) is 11.5. The molecule has 0 bridgehead atoms. The van der Waals surface area contributed by atoms with Gasteiger partial charge in [-0.05, 0) is 37.6 Å². The molecule has 3 aromatic rings. The molecule has 3 heteroatoms. The molecule has 102 valence electrons. The van der Waals surface area contributed by atoms with Crippen molar-refractivity contribution in [2.75, 3.05) is 0 Å². The lowest BCUT2D eigenvalue weighted by atomic mass is 10.1. The first-order valence-electron chi connectivity index (χ1n) is 6.59. The number of hydrogen-bond acceptors (Lipinski definition) is 1. The lowest BCUT2D eigenvalue weighted by Crippen LogP contribution is -2.01. The van der Waals surface area contributed by atoms with Crippen LogP contribution in [0.25, 0.3) is 10.9 Å². The zero-order chi connectivity index (χ0) is 14.3. The summed E-state index contributed by atoms with van der Waals surface area (Å²) in [5, 5.41) is 10.7. The van der Waals surface area contributed by atoms with Crippen LogP contribution < -0.4 is 0 Å². The fourth-order valence-corrected chi connectivity index (χ4v) is 2.52. The normalized spacial score (nSPS) is 11.2. The minimum Gasteiger partial charge on any atom is -0.505 e. The number of rotatable bonds is 2. The van der Waals surface area contributed by atoms with Gasteiger partial charge in [0.05, 0.1) is 11.2 Å². The molecule has 0 saturated carbocycles. The van der Waals surface area contributed by atoms with Gasteiger partial charge in [0.15, 0.2) is 0 Å². The van der Waals surface area contributed by atoms with Crippen molar-refractivity contribution in [3.63, 3.8) is 0 Å². The molecule has 0 fully saturated rings. The maximum atomic E-state index is 13.3. The van der Waals surface area contributed by atoms with E-state index >= 15 is 0 Å². The second-order valence-corrected chi connectivity index (χ2v) is 5.17. The Labute approximate surface area is 117 Å². The summed E-state index contributed by atoms with van der Waals surface area (Å²) < 4.78 is 15.3. The van der Waals surface area contributed by atoms with Gasteiger partial charge in [0, 0.05) is 11.9 Å². The van der Waals surface area contributed by atoms with Crippen molar-refractivity contribution in [1.29, 1.82) is 0 Å². The SMILES string of the molecule is Cc1ccc(Cn2c(C)c(O)c3cc(F)ccc32)cc1. The number of halogens is 1. The Balaban J connectivity index is 2.11. The average Bonchev–Trinajstić information content (AvgIpc) is 2.66. The van der Waals surface area contributed by atoms with E-state index in [9.17, 15) is 9.50 Å². The number of aromatic hydroxyl groups is 1. The van der Waals surface area contributed by atoms with Gasteiger partial charge in [-0.2, -0.15) is 0 Å². The van der Waals surface area contributed by atoms with Gasteiger partial charge >= 0.3 is 0 Å². The summed E-state index contributed by atoms with van der Waals surface area (Å²) in [5.41, 5.74) is 3.97. The number of nitrogens with zero attached hydrogens (tertiary/aromatic N) is 1. The van der Waals surface area contributed by atoms with Crippen molar-refractivity contribution in [2.45, 2.75) is 20.4 Å². The third-order valence-corrected chi connectivity index (χ3v) is 3.71. The molecule has 0 spiro atoms. The molecular weight excluding hydrogens is 253 g/mol. The second-order valence-electron chi connectivity index (χ2n) is 5.17. The molecule has 0 amide bonds. The minimum absolute atomic E-state index is 0.159. The molecule has 1 aromatic heterocycles. The Kier molecular flexibility index (Phi) is 2.97. The first-order valence-corrected chi connectivity index (χ1v) is 6.59. The fourth-order valence-electron chi connectivity index (χ4n) is 2.52. The minimum atomic E-state index is -0.333. The molecule has 2 aromatic carbocycles. The predicted octanol–water partition coefficient (Wildman–Crippen LogP) is 4.15. The molecule has 0 atom stereocenters. The fraction of sp³-hybridized carbons (Fsp3) is 0.176. The molecule has 0 aliphatic carbocycles. The quantitative estimate of drug-likeness (QED) is 0.742. The molecule has 0 aliphatic rings. The number of hydrogen-bond donors (Lipinski definition) is 1. The molecular formula is C17H16FNO. The van der Waals surface area contributed by atoms with E-state index in [2.05, 4.69) is 31.2 Å². The molecule has 0 aliphatic heterocycles. The Morgan fingerprint density at radius 3 is 2.45 bits per heavy atom. The summed E-state index contributed by atoms with van der Waals surface area (Å²) in [4.78, 5) is 0.